The zero-order valence-electron chi connectivity index (χ0n) is 27.5. The van der Waals surface area contributed by atoms with Gasteiger partial charge in [0.25, 0.3) is 0 Å². The molecule has 2 aliphatic heterocycles. The third-order valence-corrected chi connectivity index (χ3v) is 7.98. The standard InChI is InChI=1S/C34H39N5O11/c1-17(2)11-21(35)31(42)36-23-13-19-9-10-26(24(14-19)39(47)48)50-27-16-20(15-25(40)30(27)49-3)28(29(41)34(45)46)38-33(44)22(37-32(23)43)12-18-7-5-4-6-8-18/h4-10,14-17,21-23,28-29,40-41H,11-13,35H2,1-3H3,(H,36,42)(H,37,43)(H,38,44)(H,45,46)/t21-,22-,23+,28-,29+/m1/s1. The summed E-state index contributed by atoms with van der Waals surface area (Å²) < 4.78 is 11.1. The third kappa shape index (κ3) is 9.03. The van der Waals surface area contributed by atoms with Crippen molar-refractivity contribution in [1.82, 2.24) is 16.0 Å². The molecule has 16 nitrogen and oxygen atoms in total. The number of nitrogens with two attached hydrogens (primary N) is 1. The molecule has 5 rings (SSSR count). The van der Waals surface area contributed by atoms with Crippen molar-refractivity contribution < 1.29 is 48.9 Å². The molecule has 5 atom stereocenters. The van der Waals surface area contributed by atoms with Gasteiger partial charge in [0.1, 0.15) is 12.1 Å². The Morgan fingerprint density at radius 2 is 1.78 bits per heavy atom. The summed E-state index contributed by atoms with van der Waals surface area (Å²) in [4.78, 5) is 64.5. The van der Waals surface area contributed by atoms with Gasteiger partial charge >= 0.3 is 11.7 Å². The molecule has 0 spiro atoms. The van der Waals surface area contributed by atoms with Crippen LogP contribution in [-0.4, -0.2) is 75.3 Å². The molecule has 0 aliphatic carbocycles. The van der Waals surface area contributed by atoms with E-state index in [2.05, 4.69) is 16.0 Å². The highest BCUT2D eigenvalue weighted by Gasteiger charge is 2.35. The number of aliphatic hydroxyl groups excluding tert-OH is 1. The van der Waals surface area contributed by atoms with Crippen LogP contribution in [-0.2, 0) is 32.0 Å². The van der Waals surface area contributed by atoms with Crippen LogP contribution in [0.2, 0.25) is 0 Å². The van der Waals surface area contributed by atoms with Crippen LogP contribution >= 0.6 is 0 Å². The fourth-order valence-corrected chi connectivity index (χ4v) is 5.52. The number of methoxy groups -OCH3 is 1. The molecule has 0 unspecified atom stereocenters. The number of carboxylic acid groups (broad SMARTS) is 1. The first-order valence-electron chi connectivity index (χ1n) is 15.7. The van der Waals surface area contributed by atoms with Crippen molar-refractivity contribution in [2.75, 3.05) is 7.11 Å². The normalized spacial score (nSPS) is 19.0. The zero-order chi connectivity index (χ0) is 36.7. The van der Waals surface area contributed by atoms with Crippen LogP contribution in [0.4, 0.5) is 5.69 Å². The number of aromatic hydroxyl groups is 1. The maximum atomic E-state index is 13.9. The number of hydrogen-bond donors (Lipinski definition) is 7. The highest BCUT2D eigenvalue weighted by atomic mass is 16.6. The average Bonchev–Trinajstić information content (AvgIpc) is 3.06. The minimum atomic E-state index is -2.28. The lowest BCUT2D eigenvalue weighted by atomic mass is 9.97. The summed E-state index contributed by atoms with van der Waals surface area (Å²) in [6.07, 6.45) is -2.37. The zero-order valence-corrected chi connectivity index (χ0v) is 27.5. The molecule has 2 aliphatic rings. The molecule has 0 radical (unpaired) electrons. The second-order valence-corrected chi connectivity index (χ2v) is 12.3. The number of carbonyl (C=O) groups excluding carboxylic acids is 3. The predicted octanol–water partition coefficient (Wildman–Crippen LogP) is 1.85. The molecule has 0 aromatic heterocycles. The fourth-order valence-electron chi connectivity index (χ4n) is 5.52. The van der Waals surface area contributed by atoms with Gasteiger partial charge in [0.2, 0.25) is 29.2 Å². The van der Waals surface area contributed by atoms with Crippen LogP contribution in [0.1, 0.15) is 43.0 Å². The molecule has 8 N–H and O–H groups in total. The van der Waals surface area contributed by atoms with E-state index in [1.165, 1.54) is 19.2 Å². The molecule has 266 valence electrons. The van der Waals surface area contributed by atoms with Gasteiger partial charge in [-0.15, -0.1) is 0 Å². The number of ether oxygens (including phenoxy) is 2. The molecule has 16 heteroatoms. The van der Waals surface area contributed by atoms with Crippen molar-refractivity contribution in [1.29, 1.82) is 0 Å². The van der Waals surface area contributed by atoms with Crippen molar-refractivity contribution in [3.8, 4) is 23.0 Å². The molecule has 2 heterocycles. The summed E-state index contributed by atoms with van der Waals surface area (Å²) >= 11 is 0. The number of aliphatic hydroxyl groups is 1. The van der Waals surface area contributed by atoms with E-state index in [0.29, 0.717) is 12.0 Å². The van der Waals surface area contributed by atoms with E-state index in [4.69, 9.17) is 15.2 Å². The largest absolute Gasteiger partial charge is 0.504 e. The Morgan fingerprint density at radius 1 is 1.08 bits per heavy atom. The Labute approximate surface area is 286 Å². The van der Waals surface area contributed by atoms with Gasteiger partial charge in [-0.25, -0.2) is 4.79 Å². The molecule has 3 aromatic rings. The minimum absolute atomic E-state index is 0.0462. The van der Waals surface area contributed by atoms with E-state index in [1.807, 2.05) is 13.8 Å². The summed E-state index contributed by atoms with van der Waals surface area (Å²) in [6.45, 7) is 3.73. The summed E-state index contributed by atoms with van der Waals surface area (Å²) in [5, 5.41) is 51.2. The number of nitrogens with zero attached hydrogens (tertiary/aromatic N) is 1. The fraction of sp³-hybridized carbons (Fsp3) is 0.353. The molecular weight excluding hydrogens is 654 g/mol. The number of nitrogens with one attached hydrogen (secondary N) is 3. The first-order valence-corrected chi connectivity index (χ1v) is 15.7. The molecule has 3 amide bonds. The van der Waals surface area contributed by atoms with E-state index in [9.17, 15) is 44.6 Å². The number of fused-ring (bicyclic) bond motifs is 9. The number of aliphatic carboxylic acids is 1. The van der Waals surface area contributed by atoms with Gasteiger partial charge in [0, 0.05) is 18.9 Å². The van der Waals surface area contributed by atoms with Gasteiger partial charge in [-0.05, 0) is 47.2 Å². The van der Waals surface area contributed by atoms with Crippen LogP contribution < -0.4 is 31.2 Å². The molecule has 0 saturated heterocycles. The smallest absolute Gasteiger partial charge is 0.335 e. The SMILES string of the molecule is COc1c(O)cc2cc1Oc1ccc(cc1[N+](=O)[O-])C[C@H](NC(=O)[C@H](N)CC(C)C)C(=O)N[C@H](Cc1ccccc1)C(=O)N[C@H]2[C@H](O)C(=O)O. The van der Waals surface area contributed by atoms with E-state index in [-0.39, 0.29) is 47.1 Å². The lowest BCUT2D eigenvalue weighted by molar-refractivity contribution is -0.385. The topological polar surface area (TPSA) is 253 Å². The maximum absolute atomic E-state index is 13.9. The van der Waals surface area contributed by atoms with Crippen LogP contribution in [0.3, 0.4) is 0 Å². The first kappa shape index (κ1) is 37.1. The predicted molar refractivity (Wildman–Crippen MR) is 177 cm³/mol. The number of rotatable bonds is 10. The second kappa shape index (κ2) is 16.1. The van der Waals surface area contributed by atoms with Crippen LogP contribution in [0, 0.1) is 16.0 Å². The Morgan fingerprint density at radius 3 is 2.40 bits per heavy atom. The van der Waals surface area contributed by atoms with Crippen LogP contribution in [0.25, 0.3) is 0 Å². The number of phenolic OH excluding ortho intramolecular Hbond substituents is 1. The summed E-state index contributed by atoms with van der Waals surface area (Å²) in [5.41, 5.74) is 6.20. The summed E-state index contributed by atoms with van der Waals surface area (Å²) in [7, 11) is 1.19. The van der Waals surface area contributed by atoms with Gasteiger partial charge in [-0.2, -0.15) is 0 Å². The van der Waals surface area contributed by atoms with Gasteiger partial charge in [0.15, 0.2) is 17.6 Å². The highest BCUT2D eigenvalue weighted by molar-refractivity contribution is 5.93. The molecule has 50 heavy (non-hydrogen) atoms. The number of phenols is 1. The van der Waals surface area contributed by atoms with Gasteiger partial charge in [0.05, 0.1) is 24.1 Å². The van der Waals surface area contributed by atoms with Crippen molar-refractivity contribution in [2.24, 2.45) is 11.7 Å². The molecule has 0 saturated carbocycles. The number of carboxylic acids is 1. The molecule has 0 fully saturated rings. The van der Waals surface area contributed by atoms with Crippen LogP contribution in [0.15, 0.2) is 60.7 Å². The Bertz CT molecular complexity index is 1750. The average molecular weight is 694 g/mol. The molecule has 4 bridgehead atoms. The Hall–Kier alpha value is -5.74. The first-order chi connectivity index (χ1) is 23.7. The minimum Gasteiger partial charge on any atom is -0.504 e. The number of hydrogen-bond acceptors (Lipinski definition) is 11. The van der Waals surface area contributed by atoms with Gasteiger partial charge < -0.3 is 46.5 Å². The Kier molecular flexibility index (Phi) is 11.9. The summed E-state index contributed by atoms with van der Waals surface area (Å²) in [6, 6.07) is 9.02. The van der Waals surface area contributed by atoms with E-state index >= 15 is 0 Å². The van der Waals surface area contributed by atoms with E-state index in [1.54, 1.807) is 30.3 Å². The van der Waals surface area contributed by atoms with E-state index < -0.39 is 70.3 Å². The van der Waals surface area contributed by atoms with Crippen LogP contribution in [0.5, 0.6) is 23.0 Å². The monoisotopic (exact) mass is 693 g/mol. The van der Waals surface area contributed by atoms with Crippen molar-refractivity contribution in [3.63, 3.8) is 0 Å². The lowest BCUT2D eigenvalue weighted by Gasteiger charge is -2.28. The quantitative estimate of drug-likeness (QED) is 0.119. The number of amides is 3. The van der Waals surface area contributed by atoms with E-state index in [0.717, 1.165) is 18.2 Å². The van der Waals surface area contributed by atoms with Gasteiger partial charge in [-0.3, -0.25) is 24.5 Å². The van der Waals surface area contributed by atoms with Crippen molar-refractivity contribution >= 4 is 29.4 Å². The lowest BCUT2D eigenvalue weighted by Crippen LogP contribution is -2.57. The Balaban J connectivity index is 1.90. The summed E-state index contributed by atoms with van der Waals surface area (Å²) in [5.74, 6) is -5.63. The van der Waals surface area contributed by atoms with Gasteiger partial charge in [-0.1, -0.05) is 50.2 Å². The molecule has 3 aromatic carbocycles. The van der Waals surface area contributed by atoms with Crippen molar-refractivity contribution in [2.45, 2.75) is 63.4 Å². The number of carbonyl (C=O) groups is 4. The third-order valence-electron chi connectivity index (χ3n) is 7.98. The van der Waals surface area contributed by atoms with Crippen molar-refractivity contribution in [3.05, 3.63) is 87.5 Å². The number of benzene rings is 3. The second-order valence-electron chi connectivity index (χ2n) is 12.3. The molecular formula is C34H39N5O11. The highest BCUT2D eigenvalue weighted by Crippen LogP contribution is 2.44. The number of nitro benzene ring substituents is 1. The number of nitro groups is 1. The maximum Gasteiger partial charge on any atom is 0.335 e.